The molecule has 4 heteroatoms. The number of aromatic hydroxyl groups is 1. The summed E-state index contributed by atoms with van der Waals surface area (Å²) in [5, 5.41) is 15.8. The van der Waals surface area contributed by atoms with Crippen molar-refractivity contribution in [2.24, 2.45) is 5.92 Å². The number of benzene rings is 1. The number of hydrogen-bond donors (Lipinski definition) is 3. The van der Waals surface area contributed by atoms with E-state index in [2.05, 4.69) is 10.6 Å². The Morgan fingerprint density at radius 2 is 2.11 bits per heavy atom. The highest BCUT2D eigenvalue weighted by Gasteiger charge is 2.29. The molecule has 1 fully saturated rings. The lowest BCUT2D eigenvalue weighted by Gasteiger charge is -2.16. The number of phenols is 1. The zero-order valence-electron chi connectivity index (χ0n) is 11.1. The Kier molecular flexibility index (Phi) is 3.57. The van der Waals surface area contributed by atoms with Gasteiger partial charge in [-0.3, -0.25) is 4.79 Å². The molecule has 0 aliphatic carbocycles. The van der Waals surface area contributed by atoms with Gasteiger partial charge >= 0.3 is 0 Å². The van der Waals surface area contributed by atoms with Crippen molar-refractivity contribution in [1.82, 2.24) is 5.32 Å². The van der Waals surface area contributed by atoms with Crippen molar-refractivity contribution < 1.29 is 9.90 Å². The van der Waals surface area contributed by atoms with Gasteiger partial charge < -0.3 is 15.7 Å². The largest absolute Gasteiger partial charge is 0.508 e. The van der Waals surface area contributed by atoms with E-state index in [-0.39, 0.29) is 23.6 Å². The van der Waals surface area contributed by atoms with Crippen LogP contribution in [-0.4, -0.2) is 23.6 Å². The molecule has 1 aliphatic rings. The molecule has 3 N–H and O–H groups in total. The van der Waals surface area contributed by atoms with Gasteiger partial charge in [0.25, 0.3) is 0 Å². The van der Waals surface area contributed by atoms with Crippen molar-refractivity contribution in [2.45, 2.75) is 33.2 Å². The molecule has 1 aliphatic heterocycles. The van der Waals surface area contributed by atoms with Crippen LogP contribution in [0.2, 0.25) is 0 Å². The van der Waals surface area contributed by atoms with Crippen LogP contribution in [0.25, 0.3) is 0 Å². The molecule has 0 bridgehead atoms. The van der Waals surface area contributed by atoms with E-state index in [1.807, 2.05) is 26.8 Å². The van der Waals surface area contributed by atoms with Crippen molar-refractivity contribution in [1.29, 1.82) is 0 Å². The molecule has 1 aromatic carbocycles. The van der Waals surface area contributed by atoms with Crippen molar-refractivity contribution in [3.8, 4) is 5.75 Å². The Hall–Kier alpha value is -1.55. The quantitative estimate of drug-likeness (QED) is 0.701. The van der Waals surface area contributed by atoms with E-state index in [0.29, 0.717) is 0 Å². The van der Waals surface area contributed by atoms with Crippen molar-refractivity contribution >= 4 is 11.6 Å². The number of amides is 1. The second-order valence-electron chi connectivity index (χ2n) is 5.08. The first-order valence-electron chi connectivity index (χ1n) is 6.33. The van der Waals surface area contributed by atoms with Gasteiger partial charge in [0, 0.05) is 11.7 Å². The van der Waals surface area contributed by atoms with Gasteiger partial charge in [-0.05, 0) is 57.0 Å². The maximum atomic E-state index is 12.2. The lowest BCUT2D eigenvalue weighted by Crippen LogP contribution is -2.32. The fourth-order valence-corrected chi connectivity index (χ4v) is 2.38. The summed E-state index contributed by atoms with van der Waals surface area (Å²) >= 11 is 0. The van der Waals surface area contributed by atoms with E-state index in [9.17, 15) is 9.90 Å². The van der Waals surface area contributed by atoms with Crippen LogP contribution in [0.15, 0.2) is 12.1 Å². The number of anilines is 1. The Morgan fingerprint density at radius 1 is 1.39 bits per heavy atom. The minimum absolute atomic E-state index is 0.0264. The lowest BCUT2D eigenvalue weighted by molar-refractivity contribution is -0.120. The summed E-state index contributed by atoms with van der Waals surface area (Å²) < 4.78 is 0. The molecule has 1 saturated heterocycles. The maximum absolute atomic E-state index is 12.2. The molecule has 1 heterocycles. The van der Waals surface area contributed by atoms with Crippen LogP contribution in [0.4, 0.5) is 5.69 Å². The average molecular weight is 248 g/mol. The summed E-state index contributed by atoms with van der Waals surface area (Å²) in [7, 11) is 0. The highest BCUT2D eigenvalue weighted by molar-refractivity contribution is 5.94. The molecule has 4 nitrogen and oxygen atoms in total. The number of rotatable bonds is 2. The molecule has 1 amide bonds. The number of carbonyl (C=O) groups excluding carboxylic acids is 1. The van der Waals surface area contributed by atoms with E-state index >= 15 is 0 Å². The summed E-state index contributed by atoms with van der Waals surface area (Å²) in [6.45, 7) is 6.63. The zero-order valence-corrected chi connectivity index (χ0v) is 11.1. The minimum atomic E-state index is 0.0264. The number of hydrogen-bond acceptors (Lipinski definition) is 3. The second-order valence-corrected chi connectivity index (χ2v) is 5.08. The number of phenolic OH excluding ortho intramolecular Hbond substituents is 1. The van der Waals surface area contributed by atoms with E-state index in [1.54, 1.807) is 6.07 Å². The minimum Gasteiger partial charge on any atom is -0.508 e. The number of aryl methyl sites for hydroxylation is 2. The van der Waals surface area contributed by atoms with Crippen LogP contribution in [-0.2, 0) is 4.79 Å². The van der Waals surface area contributed by atoms with Crippen molar-refractivity contribution in [3.05, 3.63) is 23.3 Å². The van der Waals surface area contributed by atoms with Crippen molar-refractivity contribution in [2.75, 3.05) is 11.9 Å². The third-order valence-electron chi connectivity index (χ3n) is 3.66. The molecule has 2 atom stereocenters. The lowest BCUT2D eigenvalue weighted by atomic mass is 10.0. The average Bonchev–Trinajstić information content (AvgIpc) is 2.72. The molecule has 0 radical (unpaired) electrons. The monoisotopic (exact) mass is 248 g/mol. The second kappa shape index (κ2) is 4.98. The summed E-state index contributed by atoms with van der Waals surface area (Å²) in [5.41, 5.74) is 2.44. The Labute approximate surface area is 107 Å². The third-order valence-corrected chi connectivity index (χ3v) is 3.66. The van der Waals surface area contributed by atoms with Gasteiger partial charge in [0.05, 0.1) is 5.92 Å². The number of carbonyl (C=O) groups is 1. The predicted octanol–water partition coefficient (Wildman–Crippen LogP) is 1.95. The van der Waals surface area contributed by atoms with E-state index in [1.165, 1.54) is 0 Å². The predicted molar refractivity (Wildman–Crippen MR) is 71.8 cm³/mol. The van der Waals surface area contributed by atoms with E-state index < -0.39 is 0 Å². The van der Waals surface area contributed by atoms with Crippen LogP contribution in [0, 0.1) is 19.8 Å². The molecule has 98 valence electrons. The summed E-state index contributed by atoms with van der Waals surface area (Å²) in [5.74, 6) is 0.348. The van der Waals surface area contributed by atoms with Crippen LogP contribution in [0.5, 0.6) is 5.75 Å². The molecule has 1 aromatic rings. The van der Waals surface area contributed by atoms with Gasteiger partial charge in [-0.1, -0.05) is 0 Å². The molecule has 2 unspecified atom stereocenters. The third kappa shape index (κ3) is 2.48. The molecule has 0 spiro atoms. The topological polar surface area (TPSA) is 61.4 Å². The van der Waals surface area contributed by atoms with Gasteiger partial charge in [-0.25, -0.2) is 0 Å². The summed E-state index contributed by atoms with van der Waals surface area (Å²) in [6, 6.07) is 3.72. The van der Waals surface area contributed by atoms with E-state index in [0.717, 1.165) is 29.8 Å². The van der Waals surface area contributed by atoms with Crippen LogP contribution >= 0.6 is 0 Å². The standard InChI is InChI=1S/C14H20N2O2/c1-8-7-13(17)9(2)6-12(8)16-14(18)11-4-5-15-10(11)3/h6-7,10-11,15,17H,4-5H2,1-3H3,(H,16,18). The fraction of sp³-hybridized carbons (Fsp3) is 0.500. The Morgan fingerprint density at radius 3 is 2.72 bits per heavy atom. The van der Waals surface area contributed by atoms with Gasteiger partial charge in [-0.15, -0.1) is 0 Å². The van der Waals surface area contributed by atoms with Crippen LogP contribution in [0.1, 0.15) is 24.5 Å². The Balaban J connectivity index is 2.14. The van der Waals surface area contributed by atoms with Gasteiger partial charge in [-0.2, -0.15) is 0 Å². The van der Waals surface area contributed by atoms with Crippen LogP contribution < -0.4 is 10.6 Å². The highest BCUT2D eigenvalue weighted by Crippen LogP contribution is 2.26. The molecule has 0 aromatic heterocycles. The van der Waals surface area contributed by atoms with Crippen molar-refractivity contribution in [3.63, 3.8) is 0 Å². The first kappa shape index (κ1) is 12.9. The molecular weight excluding hydrogens is 228 g/mol. The zero-order chi connectivity index (χ0) is 13.3. The maximum Gasteiger partial charge on any atom is 0.229 e. The smallest absolute Gasteiger partial charge is 0.229 e. The SMILES string of the molecule is Cc1cc(NC(=O)C2CCNC2C)c(C)cc1O. The Bertz CT molecular complexity index is 471. The molecular formula is C14H20N2O2. The summed E-state index contributed by atoms with van der Waals surface area (Å²) in [6.07, 6.45) is 0.878. The van der Waals surface area contributed by atoms with Gasteiger partial charge in [0.15, 0.2) is 0 Å². The van der Waals surface area contributed by atoms with Gasteiger partial charge in [0.1, 0.15) is 5.75 Å². The molecule has 2 rings (SSSR count). The highest BCUT2D eigenvalue weighted by atomic mass is 16.3. The molecule has 0 saturated carbocycles. The first-order valence-corrected chi connectivity index (χ1v) is 6.33. The van der Waals surface area contributed by atoms with Crippen LogP contribution in [0.3, 0.4) is 0 Å². The first-order chi connectivity index (χ1) is 8.49. The fourth-order valence-electron chi connectivity index (χ4n) is 2.38. The normalized spacial score (nSPS) is 23.1. The summed E-state index contributed by atoms with van der Waals surface area (Å²) in [4.78, 5) is 12.2. The molecule has 18 heavy (non-hydrogen) atoms. The van der Waals surface area contributed by atoms with E-state index in [4.69, 9.17) is 0 Å². The van der Waals surface area contributed by atoms with Gasteiger partial charge in [0.2, 0.25) is 5.91 Å². The number of nitrogens with one attached hydrogen (secondary N) is 2.